The highest BCUT2D eigenvalue weighted by Gasteiger charge is 2.01. The fraction of sp³-hybridized carbons (Fsp3) is 0.0833. The van der Waals surface area contributed by atoms with Crippen LogP contribution in [0.3, 0.4) is 0 Å². The number of para-hydroxylation sites is 1. The maximum atomic E-state index is 8.46. The molecule has 0 amide bonds. The Morgan fingerprint density at radius 2 is 2.14 bits per heavy atom. The summed E-state index contributed by atoms with van der Waals surface area (Å²) in [6.07, 6.45) is 5.36. The second kappa shape index (κ2) is 3.39. The van der Waals surface area contributed by atoms with Crippen molar-refractivity contribution < 1.29 is 0 Å². The zero-order valence-corrected chi connectivity index (χ0v) is 7.94. The van der Waals surface area contributed by atoms with Crippen molar-refractivity contribution >= 4 is 17.0 Å². The highest BCUT2D eigenvalue weighted by Crippen LogP contribution is 2.20. The molecule has 0 spiro atoms. The number of hydrogen-bond acceptors (Lipinski definition) is 1. The molecule has 0 aliphatic rings. The molecule has 2 aromatic rings. The maximum Gasteiger partial charge on any atom is 0.0912 e. The SMILES string of the molecule is Cn1cc(/C=C/C#N)c2ccccc21. The van der Waals surface area contributed by atoms with Gasteiger partial charge in [-0.25, -0.2) is 0 Å². The van der Waals surface area contributed by atoms with E-state index in [1.165, 1.54) is 17.0 Å². The van der Waals surface area contributed by atoms with Crippen LogP contribution in [0.15, 0.2) is 36.5 Å². The number of benzene rings is 1. The molecule has 1 aromatic carbocycles. The van der Waals surface area contributed by atoms with Gasteiger partial charge >= 0.3 is 0 Å². The molecule has 0 radical (unpaired) electrons. The molecule has 0 bridgehead atoms. The first-order valence-electron chi connectivity index (χ1n) is 4.43. The van der Waals surface area contributed by atoms with Gasteiger partial charge in [-0.05, 0) is 12.1 Å². The summed E-state index contributed by atoms with van der Waals surface area (Å²) in [6.45, 7) is 0. The van der Waals surface area contributed by atoms with Crippen LogP contribution in [0.2, 0.25) is 0 Å². The van der Waals surface area contributed by atoms with E-state index in [1.54, 1.807) is 0 Å². The second-order valence-electron chi connectivity index (χ2n) is 3.17. The molecule has 2 rings (SSSR count). The maximum absolute atomic E-state index is 8.46. The van der Waals surface area contributed by atoms with Gasteiger partial charge in [0.25, 0.3) is 0 Å². The van der Waals surface area contributed by atoms with E-state index in [2.05, 4.69) is 16.7 Å². The molecule has 0 aliphatic heterocycles. The minimum atomic E-state index is 1.09. The van der Waals surface area contributed by atoms with Gasteiger partial charge in [-0.2, -0.15) is 5.26 Å². The Kier molecular flexibility index (Phi) is 2.08. The first-order chi connectivity index (χ1) is 6.83. The molecule has 0 atom stereocenters. The molecular weight excluding hydrogens is 172 g/mol. The standard InChI is InChI=1S/C12H10N2/c1-14-9-10(5-4-8-13)11-6-2-3-7-12(11)14/h2-7,9H,1H3/b5-4+. The first kappa shape index (κ1) is 8.58. The fourth-order valence-corrected chi connectivity index (χ4v) is 1.63. The summed E-state index contributed by atoms with van der Waals surface area (Å²) in [5.41, 5.74) is 2.27. The predicted octanol–water partition coefficient (Wildman–Crippen LogP) is 2.72. The summed E-state index contributed by atoms with van der Waals surface area (Å²) in [7, 11) is 2.01. The van der Waals surface area contributed by atoms with Crippen molar-refractivity contribution in [1.82, 2.24) is 4.57 Å². The largest absolute Gasteiger partial charge is 0.350 e. The van der Waals surface area contributed by atoms with E-state index in [1.807, 2.05) is 37.5 Å². The van der Waals surface area contributed by atoms with Gasteiger partial charge in [0.05, 0.1) is 6.07 Å². The zero-order valence-electron chi connectivity index (χ0n) is 7.94. The number of hydrogen-bond donors (Lipinski definition) is 0. The van der Waals surface area contributed by atoms with Crippen LogP contribution in [0, 0.1) is 11.3 Å². The lowest BCUT2D eigenvalue weighted by Crippen LogP contribution is -1.81. The van der Waals surface area contributed by atoms with Crippen molar-refractivity contribution in [3.05, 3.63) is 42.1 Å². The van der Waals surface area contributed by atoms with E-state index in [9.17, 15) is 0 Å². The highest BCUT2D eigenvalue weighted by molar-refractivity contribution is 5.89. The summed E-state index contributed by atoms with van der Waals surface area (Å²) in [6, 6.07) is 10.2. The van der Waals surface area contributed by atoms with Gasteiger partial charge in [-0.15, -0.1) is 0 Å². The van der Waals surface area contributed by atoms with E-state index in [0.717, 1.165) is 5.56 Å². The number of aromatic nitrogens is 1. The summed E-state index contributed by atoms with van der Waals surface area (Å²) in [5, 5.41) is 9.64. The van der Waals surface area contributed by atoms with Gasteiger partial charge in [0.15, 0.2) is 0 Å². The van der Waals surface area contributed by atoms with E-state index in [-0.39, 0.29) is 0 Å². The normalized spacial score (nSPS) is 10.9. The first-order valence-corrected chi connectivity index (χ1v) is 4.43. The lowest BCUT2D eigenvalue weighted by molar-refractivity contribution is 0.968. The minimum absolute atomic E-state index is 1.09. The molecule has 0 saturated heterocycles. The summed E-state index contributed by atoms with van der Waals surface area (Å²) in [4.78, 5) is 0. The van der Waals surface area contributed by atoms with Crippen molar-refractivity contribution in [3.8, 4) is 6.07 Å². The van der Waals surface area contributed by atoms with Gasteiger partial charge in [0, 0.05) is 35.8 Å². The lowest BCUT2D eigenvalue weighted by Gasteiger charge is -1.92. The van der Waals surface area contributed by atoms with Crippen molar-refractivity contribution in [3.63, 3.8) is 0 Å². The topological polar surface area (TPSA) is 28.7 Å². The van der Waals surface area contributed by atoms with Crippen LogP contribution >= 0.6 is 0 Å². The van der Waals surface area contributed by atoms with Crippen molar-refractivity contribution in [2.75, 3.05) is 0 Å². The Bertz CT molecular complexity index is 527. The van der Waals surface area contributed by atoms with Gasteiger partial charge < -0.3 is 4.57 Å². The summed E-state index contributed by atoms with van der Waals surface area (Å²) < 4.78 is 2.06. The van der Waals surface area contributed by atoms with Gasteiger partial charge in [0.2, 0.25) is 0 Å². The number of nitrogens with zero attached hydrogens (tertiary/aromatic N) is 2. The number of fused-ring (bicyclic) bond motifs is 1. The minimum Gasteiger partial charge on any atom is -0.350 e. The van der Waals surface area contributed by atoms with Crippen LogP contribution in [-0.4, -0.2) is 4.57 Å². The fourth-order valence-electron chi connectivity index (χ4n) is 1.63. The molecule has 0 aliphatic carbocycles. The van der Waals surface area contributed by atoms with Crippen LogP contribution in [0.25, 0.3) is 17.0 Å². The molecule has 14 heavy (non-hydrogen) atoms. The summed E-state index contributed by atoms with van der Waals surface area (Å²) in [5.74, 6) is 0. The Balaban J connectivity index is 2.68. The monoisotopic (exact) mass is 182 g/mol. The van der Waals surface area contributed by atoms with Crippen LogP contribution < -0.4 is 0 Å². The van der Waals surface area contributed by atoms with Gasteiger partial charge in [0.1, 0.15) is 0 Å². The average Bonchev–Trinajstić information content (AvgIpc) is 2.54. The molecule has 2 heteroatoms. The highest BCUT2D eigenvalue weighted by atomic mass is 14.9. The molecule has 0 fully saturated rings. The lowest BCUT2D eigenvalue weighted by atomic mass is 10.2. The number of aryl methyl sites for hydroxylation is 1. The quantitative estimate of drug-likeness (QED) is 0.623. The molecule has 0 unspecified atom stereocenters. The number of nitriles is 1. The van der Waals surface area contributed by atoms with Crippen LogP contribution in [0.1, 0.15) is 5.56 Å². The second-order valence-corrected chi connectivity index (χ2v) is 3.17. The van der Waals surface area contributed by atoms with Gasteiger partial charge in [-0.3, -0.25) is 0 Å². The zero-order chi connectivity index (χ0) is 9.97. The smallest absolute Gasteiger partial charge is 0.0912 e. The van der Waals surface area contributed by atoms with Crippen LogP contribution in [-0.2, 0) is 7.05 Å². The number of rotatable bonds is 1. The Labute approximate surface area is 82.7 Å². The van der Waals surface area contributed by atoms with Crippen LogP contribution in [0.5, 0.6) is 0 Å². The molecule has 1 heterocycles. The third-order valence-electron chi connectivity index (χ3n) is 2.27. The van der Waals surface area contributed by atoms with Crippen molar-refractivity contribution in [2.45, 2.75) is 0 Å². The third-order valence-corrected chi connectivity index (χ3v) is 2.27. The molecule has 0 N–H and O–H groups in total. The van der Waals surface area contributed by atoms with E-state index in [4.69, 9.17) is 5.26 Å². The van der Waals surface area contributed by atoms with E-state index >= 15 is 0 Å². The predicted molar refractivity (Wildman–Crippen MR) is 57.6 cm³/mol. The molecule has 0 saturated carbocycles. The Morgan fingerprint density at radius 3 is 2.93 bits per heavy atom. The molecule has 1 aromatic heterocycles. The van der Waals surface area contributed by atoms with E-state index in [0.29, 0.717) is 0 Å². The Hall–Kier alpha value is -2.01. The van der Waals surface area contributed by atoms with Gasteiger partial charge in [-0.1, -0.05) is 18.2 Å². The number of allylic oxidation sites excluding steroid dienone is 1. The van der Waals surface area contributed by atoms with Crippen molar-refractivity contribution in [2.24, 2.45) is 7.05 Å². The summed E-state index contributed by atoms with van der Waals surface area (Å²) >= 11 is 0. The van der Waals surface area contributed by atoms with Crippen LogP contribution in [0.4, 0.5) is 0 Å². The molecule has 2 nitrogen and oxygen atoms in total. The molecule has 68 valence electrons. The van der Waals surface area contributed by atoms with Crippen molar-refractivity contribution in [1.29, 1.82) is 5.26 Å². The Morgan fingerprint density at radius 1 is 1.36 bits per heavy atom. The molecular formula is C12H10N2. The third kappa shape index (κ3) is 1.29. The van der Waals surface area contributed by atoms with E-state index < -0.39 is 0 Å². The average molecular weight is 182 g/mol.